The number of urea groups is 1. The van der Waals surface area contributed by atoms with Gasteiger partial charge in [0.05, 0.1) is 11.5 Å². The predicted molar refractivity (Wildman–Crippen MR) is 124 cm³/mol. The van der Waals surface area contributed by atoms with Crippen LogP contribution in [0.25, 0.3) is 0 Å². The average Bonchev–Trinajstić information content (AvgIpc) is 3.06. The molecule has 1 aliphatic heterocycles. The zero-order valence-corrected chi connectivity index (χ0v) is 18.7. The molecular formula is C23H32N4O3S. The maximum Gasteiger partial charge on any atom is 0.315 e. The molecule has 0 saturated carbocycles. The lowest BCUT2D eigenvalue weighted by Gasteiger charge is -2.21. The first-order chi connectivity index (χ1) is 15.0. The van der Waals surface area contributed by atoms with Crippen molar-refractivity contribution < 1.29 is 13.2 Å². The lowest BCUT2D eigenvalue weighted by molar-refractivity contribution is 0.240. The van der Waals surface area contributed by atoms with Crippen molar-refractivity contribution in [3.63, 3.8) is 0 Å². The van der Waals surface area contributed by atoms with Crippen molar-refractivity contribution in [3.05, 3.63) is 59.8 Å². The number of carbonyl (C=O) groups excluding carboxylic acids is 1. The zero-order valence-electron chi connectivity index (χ0n) is 17.9. The summed E-state index contributed by atoms with van der Waals surface area (Å²) in [6.45, 7) is 2.77. The van der Waals surface area contributed by atoms with E-state index in [0.717, 1.165) is 30.0 Å². The Bertz CT molecular complexity index is 927. The molecule has 0 unspecified atom stereocenters. The minimum atomic E-state index is -3.19. The molecule has 1 aromatic carbocycles. The van der Waals surface area contributed by atoms with Crippen molar-refractivity contribution >= 4 is 21.7 Å². The van der Waals surface area contributed by atoms with Gasteiger partial charge in [-0.05, 0) is 42.5 Å². The van der Waals surface area contributed by atoms with Crippen LogP contribution in [0.5, 0.6) is 0 Å². The van der Waals surface area contributed by atoms with Crippen LogP contribution in [0.4, 0.5) is 10.6 Å². The number of rotatable bonds is 9. The summed E-state index contributed by atoms with van der Waals surface area (Å²) in [6, 6.07) is 12.8. The number of carbonyl (C=O) groups is 1. The lowest BCUT2D eigenvalue weighted by atomic mass is 10.2. The minimum absolute atomic E-state index is 0.0292. The molecule has 2 N–H and O–H groups in total. The first-order valence-corrected chi connectivity index (χ1v) is 12.8. The fourth-order valence-corrected chi connectivity index (χ4v) is 5.11. The number of anilines is 1. The van der Waals surface area contributed by atoms with Crippen LogP contribution in [0.15, 0.2) is 48.7 Å². The average molecular weight is 445 g/mol. The quantitative estimate of drug-likeness (QED) is 0.579. The van der Waals surface area contributed by atoms with Gasteiger partial charge in [0.25, 0.3) is 0 Å². The molecule has 31 heavy (non-hydrogen) atoms. The van der Waals surface area contributed by atoms with Gasteiger partial charge in [0.2, 0.25) is 0 Å². The standard InChI is InChI=1S/C23H32N4O3S/c28-23(25-12-8-16-31(29,30)19-20-9-4-3-5-10-20)26-18-21-11-13-24-22(17-21)27-14-6-1-2-7-15-27/h3-5,9-11,13,17H,1-2,6-8,12,14-16,18-19H2,(H2,25,26,28). The highest BCUT2D eigenvalue weighted by atomic mass is 32.2. The van der Waals surface area contributed by atoms with Gasteiger partial charge >= 0.3 is 6.03 Å². The number of hydrogen-bond acceptors (Lipinski definition) is 5. The van der Waals surface area contributed by atoms with Gasteiger partial charge in [0, 0.05) is 32.4 Å². The zero-order chi connectivity index (χ0) is 21.9. The van der Waals surface area contributed by atoms with E-state index < -0.39 is 9.84 Å². The van der Waals surface area contributed by atoms with Crippen LogP contribution >= 0.6 is 0 Å². The number of aromatic nitrogens is 1. The summed E-state index contributed by atoms with van der Waals surface area (Å²) in [4.78, 5) is 18.9. The topological polar surface area (TPSA) is 91.4 Å². The van der Waals surface area contributed by atoms with E-state index in [0.29, 0.717) is 19.5 Å². The van der Waals surface area contributed by atoms with E-state index in [2.05, 4.69) is 20.5 Å². The van der Waals surface area contributed by atoms with Crippen LogP contribution in [0.1, 0.15) is 43.2 Å². The number of amides is 2. The highest BCUT2D eigenvalue weighted by molar-refractivity contribution is 7.90. The second kappa shape index (κ2) is 11.7. The van der Waals surface area contributed by atoms with Crippen LogP contribution in [-0.4, -0.2) is 44.8 Å². The summed E-state index contributed by atoms with van der Waals surface area (Å²) in [6.07, 6.45) is 7.09. The molecule has 1 saturated heterocycles. The summed E-state index contributed by atoms with van der Waals surface area (Å²) in [5.41, 5.74) is 1.78. The van der Waals surface area contributed by atoms with Gasteiger partial charge in [0.1, 0.15) is 5.82 Å². The molecule has 2 aromatic rings. The maximum atomic E-state index is 12.2. The van der Waals surface area contributed by atoms with Crippen LogP contribution in [-0.2, 0) is 22.1 Å². The van der Waals surface area contributed by atoms with Crippen LogP contribution < -0.4 is 15.5 Å². The molecule has 0 spiro atoms. The highest BCUT2D eigenvalue weighted by Gasteiger charge is 2.13. The molecule has 0 atom stereocenters. The van der Waals surface area contributed by atoms with Crippen LogP contribution in [0.2, 0.25) is 0 Å². The molecule has 8 heteroatoms. The largest absolute Gasteiger partial charge is 0.357 e. The Morgan fingerprint density at radius 2 is 1.71 bits per heavy atom. The van der Waals surface area contributed by atoms with Crippen LogP contribution in [0, 0.1) is 0 Å². The molecule has 0 radical (unpaired) electrons. The van der Waals surface area contributed by atoms with Crippen molar-refractivity contribution in [3.8, 4) is 0 Å². The van der Waals surface area contributed by atoms with Crippen LogP contribution in [0.3, 0.4) is 0 Å². The summed E-state index contributed by atoms with van der Waals surface area (Å²) >= 11 is 0. The van der Waals surface area contributed by atoms with Crippen molar-refractivity contribution in [2.75, 3.05) is 30.3 Å². The summed E-state index contributed by atoms with van der Waals surface area (Å²) in [7, 11) is -3.19. The fraction of sp³-hybridized carbons (Fsp3) is 0.478. The molecule has 2 amide bonds. The molecule has 168 valence electrons. The van der Waals surface area contributed by atoms with Gasteiger partial charge in [-0.1, -0.05) is 43.2 Å². The second-order valence-corrected chi connectivity index (χ2v) is 10.1. The van der Waals surface area contributed by atoms with Crippen molar-refractivity contribution in [1.82, 2.24) is 15.6 Å². The van der Waals surface area contributed by atoms with E-state index in [1.54, 1.807) is 18.3 Å². The van der Waals surface area contributed by atoms with Gasteiger partial charge < -0.3 is 15.5 Å². The molecule has 3 rings (SSSR count). The molecular weight excluding hydrogens is 412 g/mol. The lowest BCUT2D eigenvalue weighted by Crippen LogP contribution is -2.36. The first kappa shape index (κ1) is 23.1. The van der Waals surface area contributed by atoms with Crippen molar-refractivity contribution in [2.45, 2.75) is 44.4 Å². The number of sulfone groups is 1. The molecule has 1 aliphatic rings. The Balaban J connectivity index is 1.37. The molecule has 1 fully saturated rings. The number of benzene rings is 1. The maximum absolute atomic E-state index is 12.2. The molecule has 1 aromatic heterocycles. The smallest absolute Gasteiger partial charge is 0.315 e. The Morgan fingerprint density at radius 3 is 2.45 bits per heavy atom. The van der Waals surface area contributed by atoms with E-state index >= 15 is 0 Å². The fourth-order valence-electron chi connectivity index (χ4n) is 3.68. The third-order valence-electron chi connectivity index (χ3n) is 5.34. The first-order valence-electron chi connectivity index (χ1n) is 11.0. The third-order valence-corrected chi connectivity index (χ3v) is 7.02. The third kappa shape index (κ3) is 8.20. The van der Waals surface area contributed by atoms with E-state index in [9.17, 15) is 13.2 Å². The van der Waals surface area contributed by atoms with E-state index in [4.69, 9.17) is 0 Å². The van der Waals surface area contributed by atoms with Gasteiger partial charge in [-0.2, -0.15) is 0 Å². The normalized spacial score (nSPS) is 14.6. The summed E-state index contributed by atoms with van der Waals surface area (Å²) in [5.74, 6) is 1.04. The number of nitrogens with zero attached hydrogens (tertiary/aromatic N) is 2. The highest BCUT2D eigenvalue weighted by Crippen LogP contribution is 2.18. The van der Waals surface area contributed by atoms with Gasteiger partial charge in [0.15, 0.2) is 9.84 Å². The van der Waals surface area contributed by atoms with Gasteiger partial charge in [-0.25, -0.2) is 18.2 Å². The van der Waals surface area contributed by atoms with Gasteiger partial charge in [-0.3, -0.25) is 0 Å². The van der Waals surface area contributed by atoms with Crippen molar-refractivity contribution in [1.29, 1.82) is 0 Å². The predicted octanol–water partition coefficient (Wildman–Crippen LogP) is 3.27. The van der Waals surface area contributed by atoms with E-state index in [-0.39, 0.29) is 17.5 Å². The number of hydrogen-bond donors (Lipinski definition) is 2. The Kier molecular flexibility index (Phi) is 8.70. The Labute approximate surface area is 185 Å². The second-order valence-electron chi connectivity index (χ2n) is 7.96. The van der Waals surface area contributed by atoms with E-state index in [1.165, 1.54) is 25.7 Å². The summed E-state index contributed by atoms with van der Waals surface area (Å²) in [5, 5.41) is 5.57. The monoisotopic (exact) mass is 444 g/mol. The minimum Gasteiger partial charge on any atom is -0.357 e. The number of pyridine rings is 1. The Morgan fingerprint density at radius 1 is 0.968 bits per heavy atom. The Hall–Kier alpha value is -2.61. The van der Waals surface area contributed by atoms with E-state index in [1.807, 2.05) is 30.3 Å². The summed E-state index contributed by atoms with van der Waals surface area (Å²) < 4.78 is 24.4. The SMILES string of the molecule is O=C(NCCCS(=O)(=O)Cc1ccccc1)NCc1ccnc(N2CCCCCC2)c1. The molecule has 0 bridgehead atoms. The molecule has 2 heterocycles. The molecule has 7 nitrogen and oxygen atoms in total. The molecule has 0 aliphatic carbocycles. The van der Waals surface area contributed by atoms with Gasteiger partial charge in [-0.15, -0.1) is 0 Å². The number of nitrogens with one attached hydrogen (secondary N) is 2. The van der Waals surface area contributed by atoms with Crippen molar-refractivity contribution in [2.24, 2.45) is 0 Å².